The molecule has 0 aromatic rings. The fourth-order valence-electron chi connectivity index (χ4n) is 0.745. The zero-order chi connectivity index (χ0) is 8.20. The standard InChI is InChI=1S/C7H17N3/c1-5-7(3,6-2)10(8)9-4/h4-6,8H2,1-3H3. The highest BCUT2D eigenvalue weighted by Crippen LogP contribution is 2.19. The van der Waals surface area contributed by atoms with Crippen LogP contribution >= 0.6 is 0 Å². The monoisotopic (exact) mass is 143 g/mol. The lowest BCUT2D eigenvalue weighted by Gasteiger charge is -2.33. The average Bonchev–Trinajstić information content (AvgIpc) is 2.01. The number of hydrazine groups is 1. The van der Waals surface area contributed by atoms with Crippen LogP contribution < -0.4 is 5.84 Å². The molecule has 0 atom stereocenters. The van der Waals surface area contributed by atoms with E-state index in [9.17, 15) is 0 Å². The number of hydrogen-bond acceptors (Lipinski definition) is 3. The van der Waals surface area contributed by atoms with Crippen LogP contribution in [-0.2, 0) is 0 Å². The maximum atomic E-state index is 5.58. The van der Waals surface area contributed by atoms with Crippen molar-refractivity contribution in [1.82, 2.24) is 5.12 Å². The molecule has 60 valence electrons. The zero-order valence-electron chi connectivity index (χ0n) is 7.09. The number of rotatable bonds is 4. The van der Waals surface area contributed by atoms with Crippen LogP contribution in [0.25, 0.3) is 0 Å². The molecule has 0 fully saturated rings. The van der Waals surface area contributed by atoms with E-state index in [-0.39, 0.29) is 5.54 Å². The van der Waals surface area contributed by atoms with Crippen LogP contribution in [-0.4, -0.2) is 17.4 Å². The lowest BCUT2D eigenvalue weighted by Crippen LogP contribution is -2.46. The molecule has 0 bridgehead atoms. The number of hydrazone groups is 1. The smallest absolute Gasteiger partial charge is 0.0714 e. The van der Waals surface area contributed by atoms with Gasteiger partial charge in [0, 0.05) is 6.72 Å². The Morgan fingerprint density at radius 3 is 2.00 bits per heavy atom. The number of nitrogens with zero attached hydrogens (tertiary/aromatic N) is 2. The highest BCUT2D eigenvalue weighted by Gasteiger charge is 2.24. The van der Waals surface area contributed by atoms with E-state index >= 15 is 0 Å². The molecule has 0 radical (unpaired) electrons. The molecule has 0 spiro atoms. The first-order valence-corrected chi connectivity index (χ1v) is 3.62. The summed E-state index contributed by atoms with van der Waals surface area (Å²) in [5.41, 5.74) is -0.0260. The van der Waals surface area contributed by atoms with E-state index in [0.29, 0.717) is 0 Å². The Balaban J connectivity index is 4.15. The van der Waals surface area contributed by atoms with E-state index < -0.39 is 0 Å². The van der Waals surface area contributed by atoms with Gasteiger partial charge in [0.25, 0.3) is 0 Å². The Hall–Kier alpha value is -0.570. The number of nitrogens with two attached hydrogens (primary N) is 1. The first-order chi connectivity index (χ1) is 4.60. The largest absolute Gasteiger partial charge is 0.231 e. The minimum atomic E-state index is -0.0260. The van der Waals surface area contributed by atoms with E-state index in [1.54, 1.807) is 0 Å². The Kier molecular flexibility index (Phi) is 3.36. The second kappa shape index (κ2) is 3.56. The van der Waals surface area contributed by atoms with Crippen LogP contribution in [0.15, 0.2) is 5.10 Å². The van der Waals surface area contributed by atoms with Crippen LogP contribution in [0.3, 0.4) is 0 Å². The first-order valence-electron chi connectivity index (χ1n) is 3.62. The molecular weight excluding hydrogens is 126 g/mol. The van der Waals surface area contributed by atoms with Crippen molar-refractivity contribution in [2.24, 2.45) is 10.9 Å². The zero-order valence-corrected chi connectivity index (χ0v) is 7.09. The van der Waals surface area contributed by atoms with Crippen molar-refractivity contribution in [3.8, 4) is 0 Å². The first kappa shape index (κ1) is 9.43. The molecule has 10 heavy (non-hydrogen) atoms. The molecule has 0 amide bonds. The van der Waals surface area contributed by atoms with Crippen molar-refractivity contribution in [1.29, 1.82) is 0 Å². The molecule has 0 saturated heterocycles. The molecule has 0 aliphatic carbocycles. The van der Waals surface area contributed by atoms with Gasteiger partial charge < -0.3 is 0 Å². The van der Waals surface area contributed by atoms with Gasteiger partial charge in [-0.15, -0.1) is 0 Å². The Morgan fingerprint density at radius 1 is 1.50 bits per heavy atom. The van der Waals surface area contributed by atoms with Crippen LogP contribution in [0.2, 0.25) is 0 Å². The lowest BCUT2D eigenvalue weighted by atomic mass is 9.96. The summed E-state index contributed by atoms with van der Waals surface area (Å²) in [6, 6.07) is 0. The Morgan fingerprint density at radius 2 is 1.90 bits per heavy atom. The molecule has 0 saturated carbocycles. The second-order valence-corrected chi connectivity index (χ2v) is 2.69. The van der Waals surface area contributed by atoms with Crippen molar-refractivity contribution in [3.05, 3.63) is 0 Å². The molecule has 0 rings (SSSR count). The van der Waals surface area contributed by atoms with Crippen molar-refractivity contribution >= 4 is 6.72 Å². The van der Waals surface area contributed by atoms with Crippen LogP contribution in [0, 0.1) is 0 Å². The molecule has 0 aromatic heterocycles. The van der Waals surface area contributed by atoms with Gasteiger partial charge in [0.15, 0.2) is 0 Å². The molecule has 0 unspecified atom stereocenters. The van der Waals surface area contributed by atoms with E-state index in [4.69, 9.17) is 5.84 Å². The van der Waals surface area contributed by atoms with Gasteiger partial charge in [-0.25, -0.2) is 11.0 Å². The molecule has 2 N–H and O–H groups in total. The SMILES string of the molecule is C=NN(N)C(C)(CC)CC. The van der Waals surface area contributed by atoms with Crippen molar-refractivity contribution in [2.75, 3.05) is 0 Å². The fraction of sp³-hybridized carbons (Fsp3) is 0.857. The molecule has 0 aromatic carbocycles. The fourth-order valence-corrected chi connectivity index (χ4v) is 0.745. The number of hydrogen-bond donors (Lipinski definition) is 1. The Labute approximate surface area is 62.9 Å². The quantitative estimate of drug-likeness (QED) is 0.367. The summed E-state index contributed by atoms with van der Waals surface area (Å²) >= 11 is 0. The van der Waals surface area contributed by atoms with Crippen molar-refractivity contribution < 1.29 is 0 Å². The average molecular weight is 143 g/mol. The van der Waals surface area contributed by atoms with Gasteiger partial charge >= 0.3 is 0 Å². The van der Waals surface area contributed by atoms with Gasteiger partial charge in [0.1, 0.15) is 0 Å². The van der Waals surface area contributed by atoms with E-state index in [1.807, 2.05) is 0 Å². The third-order valence-electron chi connectivity index (χ3n) is 2.23. The van der Waals surface area contributed by atoms with E-state index in [0.717, 1.165) is 12.8 Å². The summed E-state index contributed by atoms with van der Waals surface area (Å²) in [5, 5.41) is 5.10. The predicted molar refractivity (Wildman–Crippen MR) is 44.6 cm³/mol. The summed E-state index contributed by atoms with van der Waals surface area (Å²) in [4.78, 5) is 0. The minimum absolute atomic E-state index is 0.0260. The van der Waals surface area contributed by atoms with Crippen molar-refractivity contribution in [2.45, 2.75) is 39.2 Å². The second-order valence-electron chi connectivity index (χ2n) is 2.69. The molecule has 3 nitrogen and oxygen atoms in total. The van der Waals surface area contributed by atoms with Crippen LogP contribution in [0.5, 0.6) is 0 Å². The molecular formula is C7H17N3. The van der Waals surface area contributed by atoms with Gasteiger partial charge in [-0.3, -0.25) is 0 Å². The molecule has 0 aliphatic rings. The van der Waals surface area contributed by atoms with E-state index in [1.165, 1.54) is 5.12 Å². The van der Waals surface area contributed by atoms with Crippen LogP contribution in [0.1, 0.15) is 33.6 Å². The van der Waals surface area contributed by atoms with Gasteiger partial charge in [-0.2, -0.15) is 5.10 Å². The van der Waals surface area contributed by atoms with Gasteiger partial charge in [0.2, 0.25) is 0 Å². The van der Waals surface area contributed by atoms with Gasteiger partial charge in [-0.1, -0.05) is 13.8 Å². The summed E-state index contributed by atoms with van der Waals surface area (Å²) in [6.07, 6.45) is 1.97. The highest BCUT2D eigenvalue weighted by molar-refractivity contribution is 5.22. The van der Waals surface area contributed by atoms with E-state index in [2.05, 4.69) is 32.6 Å². The van der Waals surface area contributed by atoms with Crippen LogP contribution in [0.4, 0.5) is 0 Å². The summed E-state index contributed by atoms with van der Waals surface area (Å²) in [6.45, 7) is 9.63. The third-order valence-corrected chi connectivity index (χ3v) is 2.23. The topological polar surface area (TPSA) is 41.6 Å². The summed E-state index contributed by atoms with van der Waals surface area (Å²) in [5.74, 6) is 5.58. The predicted octanol–water partition coefficient (Wildman–Crippen LogP) is 1.36. The normalized spacial score (nSPS) is 11.2. The maximum Gasteiger partial charge on any atom is 0.0714 e. The third kappa shape index (κ3) is 1.70. The maximum absolute atomic E-state index is 5.58. The summed E-state index contributed by atoms with van der Waals surface area (Å²) < 4.78 is 0. The molecule has 3 heteroatoms. The minimum Gasteiger partial charge on any atom is -0.231 e. The highest BCUT2D eigenvalue weighted by atomic mass is 15.6. The summed E-state index contributed by atoms with van der Waals surface area (Å²) in [7, 11) is 0. The Bertz CT molecular complexity index is 107. The van der Waals surface area contributed by atoms with Gasteiger partial charge in [0.05, 0.1) is 5.54 Å². The van der Waals surface area contributed by atoms with Crippen molar-refractivity contribution in [3.63, 3.8) is 0 Å². The molecule has 0 heterocycles. The molecule has 0 aliphatic heterocycles. The van der Waals surface area contributed by atoms with Gasteiger partial charge in [-0.05, 0) is 19.8 Å². The lowest BCUT2D eigenvalue weighted by molar-refractivity contribution is 0.101.